The van der Waals surface area contributed by atoms with Gasteiger partial charge in [-0.1, -0.05) is 18.2 Å². The molecule has 0 saturated carbocycles. The highest BCUT2D eigenvalue weighted by molar-refractivity contribution is 7.91. The summed E-state index contributed by atoms with van der Waals surface area (Å²) < 4.78 is 30.0. The van der Waals surface area contributed by atoms with Gasteiger partial charge in [-0.2, -0.15) is 0 Å². The molecular weight excluding hydrogens is 276 g/mol. The van der Waals surface area contributed by atoms with Crippen LogP contribution in [0.25, 0.3) is 0 Å². The van der Waals surface area contributed by atoms with E-state index in [9.17, 15) is 8.42 Å². The Hall–Kier alpha value is -0.950. The second-order valence-corrected chi connectivity index (χ2v) is 7.48. The van der Waals surface area contributed by atoms with Crippen molar-refractivity contribution in [1.82, 2.24) is 4.90 Å². The summed E-state index contributed by atoms with van der Waals surface area (Å²) >= 11 is 0. The minimum absolute atomic E-state index is 0.165. The first-order valence-electron chi connectivity index (χ1n) is 6.95. The van der Waals surface area contributed by atoms with Crippen molar-refractivity contribution >= 4 is 9.84 Å². The van der Waals surface area contributed by atoms with E-state index < -0.39 is 9.84 Å². The highest BCUT2D eigenvalue weighted by Crippen LogP contribution is 2.40. The van der Waals surface area contributed by atoms with Crippen LogP contribution in [-0.4, -0.2) is 51.9 Å². The molecule has 0 aromatic heterocycles. The predicted molar refractivity (Wildman–Crippen MR) is 76.2 cm³/mol. The molecule has 6 heteroatoms. The molecule has 20 heavy (non-hydrogen) atoms. The Labute approximate surface area is 119 Å². The van der Waals surface area contributed by atoms with Gasteiger partial charge in [-0.05, 0) is 18.1 Å². The molecule has 2 aliphatic heterocycles. The van der Waals surface area contributed by atoms with Crippen LogP contribution in [0.4, 0.5) is 0 Å². The van der Waals surface area contributed by atoms with Gasteiger partial charge in [0.05, 0.1) is 29.4 Å². The van der Waals surface area contributed by atoms with Crippen molar-refractivity contribution in [3.05, 3.63) is 29.8 Å². The first-order chi connectivity index (χ1) is 9.60. The molecule has 2 aliphatic rings. The van der Waals surface area contributed by atoms with Gasteiger partial charge in [0.25, 0.3) is 0 Å². The van der Waals surface area contributed by atoms with Crippen LogP contribution in [0.1, 0.15) is 12.0 Å². The molecule has 0 radical (unpaired) electrons. The number of morpholine rings is 1. The first kappa shape index (κ1) is 14.0. The summed E-state index contributed by atoms with van der Waals surface area (Å²) in [6, 6.07) is 7.29. The van der Waals surface area contributed by atoms with Crippen molar-refractivity contribution in [3.63, 3.8) is 0 Å². The van der Waals surface area contributed by atoms with Crippen molar-refractivity contribution in [3.8, 4) is 0 Å². The lowest BCUT2D eigenvalue weighted by Gasteiger charge is -2.48. The van der Waals surface area contributed by atoms with Crippen LogP contribution in [-0.2, 0) is 20.1 Å². The molecule has 2 N–H and O–H groups in total. The van der Waals surface area contributed by atoms with Gasteiger partial charge in [0.15, 0.2) is 9.84 Å². The van der Waals surface area contributed by atoms with E-state index in [0.717, 1.165) is 18.7 Å². The van der Waals surface area contributed by atoms with E-state index in [0.29, 0.717) is 31.1 Å². The minimum atomic E-state index is -3.18. The summed E-state index contributed by atoms with van der Waals surface area (Å²) in [4.78, 5) is 2.74. The average molecular weight is 296 g/mol. The number of benzene rings is 1. The maximum Gasteiger partial charge on any atom is 0.178 e. The van der Waals surface area contributed by atoms with E-state index >= 15 is 0 Å². The lowest BCUT2D eigenvalue weighted by atomic mass is 9.84. The Balaban J connectivity index is 2.12. The molecule has 2 heterocycles. The van der Waals surface area contributed by atoms with E-state index in [-0.39, 0.29) is 11.3 Å². The smallest absolute Gasteiger partial charge is 0.178 e. The molecular formula is C14H20N2O3S. The fraction of sp³-hybridized carbons (Fsp3) is 0.571. The molecule has 1 saturated heterocycles. The number of nitrogens with two attached hydrogens (primary N) is 1. The highest BCUT2D eigenvalue weighted by atomic mass is 32.2. The van der Waals surface area contributed by atoms with Crippen molar-refractivity contribution in [2.75, 3.05) is 38.6 Å². The maximum absolute atomic E-state index is 12.3. The van der Waals surface area contributed by atoms with Crippen LogP contribution in [0.2, 0.25) is 0 Å². The normalized spacial score (nSPS) is 29.9. The molecule has 1 aromatic carbocycles. The second kappa shape index (κ2) is 5.11. The monoisotopic (exact) mass is 296 g/mol. The molecule has 1 atom stereocenters. The minimum Gasteiger partial charge on any atom is -0.379 e. The third kappa shape index (κ3) is 2.07. The SMILES string of the molecule is NCC1(N2CCOCC2)CCS(=O)(=O)c2ccccc21. The fourth-order valence-corrected chi connectivity index (χ4v) is 5.04. The number of sulfone groups is 1. The summed E-state index contributed by atoms with van der Waals surface area (Å²) in [6.45, 7) is 3.38. The molecule has 0 bridgehead atoms. The van der Waals surface area contributed by atoms with Crippen molar-refractivity contribution < 1.29 is 13.2 Å². The highest BCUT2D eigenvalue weighted by Gasteiger charge is 2.45. The van der Waals surface area contributed by atoms with Crippen LogP contribution >= 0.6 is 0 Å². The van der Waals surface area contributed by atoms with Crippen LogP contribution in [0, 0.1) is 0 Å². The number of nitrogens with zero attached hydrogens (tertiary/aromatic N) is 1. The molecule has 0 spiro atoms. The lowest BCUT2D eigenvalue weighted by molar-refractivity contribution is -0.0253. The number of rotatable bonds is 2. The fourth-order valence-electron chi connectivity index (χ4n) is 3.33. The standard InChI is InChI=1S/C14H20N2O3S/c15-11-14(16-6-8-19-9-7-16)5-10-20(17,18)13-4-2-1-3-12(13)14/h1-4H,5-11,15H2. The van der Waals surface area contributed by atoms with Gasteiger partial charge in [-0.3, -0.25) is 4.90 Å². The summed E-state index contributed by atoms with van der Waals surface area (Å²) in [5.74, 6) is 0.165. The zero-order valence-electron chi connectivity index (χ0n) is 11.4. The van der Waals surface area contributed by atoms with Crippen LogP contribution < -0.4 is 5.73 Å². The van der Waals surface area contributed by atoms with Crippen molar-refractivity contribution in [2.45, 2.75) is 16.9 Å². The van der Waals surface area contributed by atoms with Crippen LogP contribution in [0.3, 0.4) is 0 Å². The van der Waals surface area contributed by atoms with Gasteiger partial charge < -0.3 is 10.5 Å². The van der Waals surface area contributed by atoms with Crippen LogP contribution in [0.15, 0.2) is 29.2 Å². The zero-order chi connectivity index (χ0) is 14.2. The first-order valence-corrected chi connectivity index (χ1v) is 8.60. The van der Waals surface area contributed by atoms with E-state index in [2.05, 4.69) is 4.90 Å². The number of ether oxygens (including phenoxy) is 1. The number of hydrogen-bond acceptors (Lipinski definition) is 5. The quantitative estimate of drug-likeness (QED) is 0.852. The van der Waals surface area contributed by atoms with E-state index in [1.165, 1.54) is 0 Å². The molecule has 0 amide bonds. The lowest BCUT2D eigenvalue weighted by Crippen LogP contribution is -2.57. The largest absolute Gasteiger partial charge is 0.379 e. The molecule has 5 nitrogen and oxygen atoms in total. The van der Waals surface area contributed by atoms with Gasteiger partial charge in [0.1, 0.15) is 0 Å². The van der Waals surface area contributed by atoms with E-state index in [1.807, 2.05) is 12.1 Å². The van der Waals surface area contributed by atoms with Crippen molar-refractivity contribution in [2.24, 2.45) is 5.73 Å². The van der Waals surface area contributed by atoms with Gasteiger partial charge in [-0.15, -0.1) is 0 Å². The molecule has 3 rings (SSSR count). The Morgan fingerprint density at radius 3 is 2.65 bits per heavy atom. The summed E-state index contributed by atoms with van der Waals surface area (Å²) in [6.07, 6.45) is 0.558. The average Bonchev–Trinajstić information content (AvgIpc) is 2.49. The Bertz CT molecular complexity index is 596. The summed E-state index contributed by atoms with van der Waals surface area (Å²) in [5, 5.41) is 0. The second-order valence-electron chi connectivity index (χ2n) is 5.40. The maximum atomic E-state index is 12.3. The molecule has 1 fully saturated rings. The van der Waals surface area contributed by atoms with E-state index in [1.54, 1.807) is 12.1 Å². The van der Waals surface area contributed by atoms with Gasteiger partial charge >= 0.3 is 0 Å². The Morgan fingerprint density at radius 2 is 1.95 bits per heavy atom. The number of hydrogen-bond donors (Lipinski definition) is 1. The Kier molecular flexibility index (Phi) is 3.58. The third-order valence-corrected chi connectivity index (χ3v) is 6.23. The summed E-state index contributed by atoms with van der Waals surface area (Å²) in [5.41, 5.74) is 6.58. The predicted octanol–water partition coefficient (Wildman–Crippen LogP) is 0.350. The molecule has 1 unspecified atom stereocenters. The molecule has 1 aromatic rings. The van der Waals surface area contributed by atoms with Crippen LogP contribution in [0.5, 0.6) is 0 Å². The zero-order valence-corrected chi connectivity index (χ0v) is 12.2. The van der Waals surface area contributed by atoms with Gasteiger partial charge in [0, 0.05) is 19.6 Å². The summed E-state index contributed by atoms with van der Waals surface area (Å²) in [7, 11) is -3.18. The molecule has 0 aliphatic carbocycles. The van der Waals surface area contributed by atoms with E-state index in [4.69, 9.17) is 10.5 Å². The number of fused-ring (bicyclic) bond motifs is 1. The Morgan fingerprint density at radius 1 is 1.25 bits per heavy atom. The third-order valence-electron chi connectivity index (χ3n) is 4.46. The topological polar surface area (TPSA) is 72.6 Å². The van der Waals surface area contributed by atoms with Gasteiger partial charge in [0.2, 0.25) is 0 Å². The molecule has 110 valence electrons. The van der Waals surface area contributed by atoms with Gasteiger partial charge in [-0.25, -0.2) is 8.42 Å². The van der Waals surface area contributed by atoms with Crippen molar-refractivity contribution in [1.29, 1.82) is 0 Å².